The Balaban J connectivity index is 2.23. The number of carbonyl (C=O) groups excluding carboxylic acids is 1. The van der Waals surface area contributed by atoms with Crippen LogP contribution in [0.1, 0.15) is 20.3 Å². The van der Waals surface area contributed by atoms with E-state index < -0.39 is 0 Å². The van der Waals surface area contributed by atoms with Crippen LogP contribution in [0.25, 0.3) is 0 Å². The van der Waals surface area contributed by atoms with Crippen LogP contribution in [0.15, 0.2) is 23.3 Å². The normalized spacial score (nSPS) is 21.6. The summed E-state index contributed by atoms with van der Waals surface area (Å²) in [5.41, 5.74) is 2.25. The SMILES string of the molecule is CC(C)N1CC2=C(C=CC2)C1=O. The van der Waals surface area contributed by atoms with E-state index in [0.717, 1.165) is 18.5 Å². The van der Waals surface area contributed by atoms with Crippen LogP contribution in [-0.4, -0.2) is 23.4 Å². The van der Waals surface area contributed by atoms with Gasteiger partial charge in [0.2, 0.25) is 0 Å². The molecule has 64 valence electrons. The van der Waals surface area contributed by atoms with Gasteiger partial charge in [0.1, 0.15) is 0 Å². The molecule has 2 aliphatic rings. The van der Waals surface area contributed by atoms with E-state index in [1.54, 1.807) is 0 Å². The van der Waals surface area contributed by atoms with Gasteiger partial charge in [-0.1, -0.05) is 12.2 Å². The first-order chi connectivity index (χ1) is 5.70. The molecule has 1 aliphatic heterocycles. The Hall–Kier alpha value is -1.05. The topological polar surface area (TPSA) is 20.3 Å². The first-order valence-corrected chi connectivity index (χ1v) is 4.39. The third-order valence-corrected chi connectivity index (χ3v) is 2.51. The molecule has 0 radical (unpaired) electrons. The standard InChI is InChI=1S/C10H13NO/c1-7(2)11-6-8-4-3-5-9(8)10(11)12/h3,5,7H,4,6H2,1-2H3. The zero-order chi connectivity index (χ0) is 8.72. The van der Waals surface area contributed by atoms with Gasteiger partial charge in [-0.15, -0.1) is 0 Å². The molecule has 0 saturated carbocycles. The van der Waals surface area contributed by atoms with Gasteiger partial charge >= 0.3 is 0 Å². The summed E-state index contributed by atoms with van der Waals surface area (Å²) in [7, 11) is 0. The molecule has 1 aliphatic carbocycles. The summed E-state index contributed by atoms with van der Waals surface area (Å²) in [6, 6.07) is 0.330. The van der Waals surface area contributed by atoms with Gasteiger partial charge < -0.3 is 4.90 Å². The summed E-state index contributed by atoms with van der Waals surface area (Å²) in [5, 5.41) is 0. The van der Waals surface area contributed by atoms with Crippen LogP contribution < -0.4 is 0 Å². The highest BCUT2D eigenvalue weighted by molar-refractivity contribution is 6.00. The molecule has 0 N–H and O–H groups in total. The van der Waals surface area contributed by atoms with Crippen LogP contribution in [0.2, 0.25) is 0 Å². The number of hydrogen-bond acceptors (Lipinski definition) is 1. The van der Waals surface area contributed by atoms with Gasteiger partial charge in [0.25, 0.3) is 5.91 Å². The Morgan fingerprint density at radius 3 is 2.83 bits per heavy atom. The van der Waals surface area contributed by atoms with E-state index in [0.29, 0.717) is 6.04 Å². The second-order valence-electron chi connectivity index (χ2n) is 3.65. The molecule has 0 fully saturated rings. The predicted molar refractivity (Wildman–Crippen MR) is 47.6 cm³/mol. The third-order valence-electron chi connectivity index (χ3n) is 2.51. The molecule has 0 bridgehead atoms. The first kappa shape index (κ1) is 7.59. The third kappa shape index (κ3) is 0.909. The van der Waals surface area contributed by atoms with E-state index in [2.05, 4.69) is 19.9 Å². The monoisotopic (exact) mass is 163 g/mol. The average molecular weight is 163 g/mol. The van der Waals surface area contributed by atoms with Gasteiger partial charge in [0.15, 0.2) is 0 Å². The largest absolute Gasteiger partial charge is 0.332 e. The van der Waals surface area contributed by atoms with Crippen molar-refractivity contribution in [1.29, 1.82) is 0 Å². The molecular weight excluding hydrogens is 150 g/mol. The molecule has 0 atom stereocenters. The number of rotatable bonds is 1. The smallest absolute Gasteiger partial charge is 0.254 e. The average Bonchev–Trinajstić information content (AvgIpc) is 2.53. The van der Waals surface area contributed by atoms with Gasteiger partial charge in [0.05, 0.1) is 0 Å². The molecule has 1 amide bonds. The van der Waals surface area contributed by atoms with Gasteiger partial charge in [-0.3, -0.25) is 4.79 Å². The lowest BCUT2D eigenvalue weighted by molar-refractivity contribution is -0.126. The number of allylic oxidation sites excluding steroid dienone is 1. The Morgan fingerprint density at radius 2 is 2.25 bits per heavy atom. The molecule has 0 unspecified atom stereocenters. The number of nitrogens with zero attached hydrogens (tertiary/aromatic N) is 1. The summed E-state index contributed by atoms with van der Waals surface area (Å²) in [6.45, 7) is 4.96. The van der Waals surface area contributed by atoms with Gasteiger partial charge in [-0.05, 0) is 25.8 Å². The summed E-state index contributed by atoms with van der Waals surface area (Å²) in [4.78, 5) is 13.6. The molecule has 0 saturated heterocycles. The van der Waals surface area contributed by atoms with Crippen molar-refractivity contribution in [2.45, 2.75) is 26.3 Å². The minimum Gasteiger partial charge on any atom is -0.332 e. The quantitative estimate of drug-likeness (QED) is 0.573. The maximum absolute atomic E-state index is 11.6. The van der Waals surface area contributed by atoms with Crippen molar-refractivity contribution in [2.75, 3.05) is 6.54 Å². The molecule has 2 heteroatoms. The zero-order valence-electron chi connectivity index (χ0n) is 7.50. The van der Waals surface area contributed by atoms with Crippen LogP contribution in [-0.2, 0) is 4.79 Å². The molecule has 0 aromatic carbocycles. The van der Waals surface area contributed by atoms with Crippen molar-refractivity contribution in [3.8, 4) is 0 Å². The molecule has 2 nitrogen and oxygen atoms in total. The minimum atomic E-state index is 0.216. The first-order valence-electron chi connectivity index (χ1n) is 4.39. The Bertz CT molecular complexity index is 286. The lowest BCUT2D eigenvalue weighted by Crippen LogP contribution is -2.33. The molecule has 1 heterocycles. The molecule has 0 spiro atoms. The van der Waals surface area contributed by atoms with Gasteiger partial charge in [-0.25, -0.2) is 0 Å². The van der Waals surface area contributed by atoms with E-state index in [1.807, 2.05) is 11.0 Å². The van der Waals surface area contributed by atoms with Crippen molar-refractivity contribution in [3.05, 3.63) is 23.3 Å². The predicted octanol–water partition coefficient (Wildman–Crippen LogP) is 1.49. The van der Waals surface area contributed by atoms with Crippen LogP contribution in [0.4, 0.5) is 0 Å². The number of carbonyl (C=O) groups is 1. The fourth-order valence-electron chi connectivity index (χ4n) is 1.77. The van der Waals surface area contributed by atoms with E-state index in [-0.39, 0.29) is 5.91 Å². The fourth-order valence-corrected chi connectivity index (χ4v) is 1.77. The van der Waals surface area contributed by atoms with Crippen molar-refractivity contribution in [2.24, 2.45) is 0 Å². The van der Waals surface area contributed by atoms with Crippen LogP contribution in [0.5, 0.6) is 0 Å². The van der Waals surface area contributed by atoms with Crippen molar-refractivity contribution >= 4 is 5.91 Å². The molecule has 0 aromatic heterocycles. The number of hydrogen-bond donors (Lipinski definition) is 0. The second kappa shape index (κ2) is 2.47. The number of amides is 1. The molecule has 12 heavy (non-hydrogen) atoms. The Morgan fingerprint density at radius 1 is 1.50 bits per heavy atom. The van der Waals surface area contributed by atoms with E-state index >= 15 is 0 Å². The van der Waals surface area contributed by atoms with E-state index in [9.17, 15) is 4.79 Å². The van der Waals surface area contributed by atoms with Crippen LogP contribution in [0, 0.1) is 0 Å². The van der Waals surface area contributed by atoms with Crippen LogP contribution in [0.3, 0.4) is 0 Å². The Labute approximate surface area is 72.6 Å². The summed E-state index contributed by atoms with van der Waals surface area (Å²) in [6.07, 6.45) is 5.00. The van der Waals surface area contributed by atoms with Gasteiger partial charge in [0, 0.05) is 18.2 Å². The summed E-state index contributed by atoms with van der Waals surface area (Å²) < 4.78 is 0. The highest BCUT2D eigenvalue weighted by atomic mass is 16.2. The van der Waals surface area contributed by atoms with Crippen molar-refractivity contribution < 1.29 is 4.79 Å². The highest BCUT2D eigenvalue weighted by Crippen LogP contribution is 2.29. The molecule has 0 aromatic rings. The second-order valence-corrected chi connectivity index (χ2v) is 3.65. The van der Waals surface area contributed by atoms with E-state index in [4.69, 9.17) is 0 Å². The summed E-state index contributed by atoms with van der Waals surface area (Å²) >= 11 is 0. The molecule has 2 rings (SSSR count). The maximum Gasteiger partial charge on any atom is 0.254 e. The van der Waals surface area contributed by atoms with Crippen LogP contribution >= 0.6 is 0 Å². The fraction of sp³-hybridized carbons (Fsp3) is 0.500. The lowest BCUT2D eigenvalue weighted by Gasteiger charge is -2.21. The maximum atomic E-state index is 11.6. The molecular formula is C10H13NO. The summed E-state index contributed by atoms with van der Waals surface area (Å²) in [5.74, 6) is 0.216. The minimum absolute atomic E-state index is 0.216. The Kier molecular flexibility index (Phi) is 1.56. The van der Waals surface area contributed by atoms with E-state index in [1.165, 1.54) is 5.57 Å². The lowest BCUT2D eigenvalue weighted by atomic mass is 10.2. The van der Waals surface area contributed by atoms with Crippen molar-refractivity contribution in [3.63, 3.8) is 0 Å². The highest BCUT2D eigenvalue weighted by Gasteiger charge is 2.31. The van der Waals surface area contributed by atoms with Gasteiger partial charge in [-0.2, -0.15) is 0 Å². The van der Waals surface area contributed by atoms with Crippen molar-refractivity contribution in [1.82, 2.24) is 4.90 Å². The zero-order valence-corrected chi connectivity index (χ0v) is 7.50.